The van der Waals surface area contributed by atoms with Crippen LogP contribution >= 0.6 is 0 Å². The zero-order valence-electron chi connectivity index (χ0n) is 15.2. The molecule has 3 aromatic rings. The van der Waals surface area contributed by atoms with Crippen LogP contribution in [0.4, 0.5) is 0 Å². The Balaban J connectivity index is 1.68. The van der Waals surface area contributed by atoms with Gasteiger partial charge in [0.2, 0.25) is 13.6 Å². The summed E-state index contributed by atoms with van der Waals surface area (Å²) >= 11 is 0. The van der Waals surface area contributed by atoms with Gasteiger partial charge in [-0.05, 0) is 38.4 Å². The topological polar surface area (TPSA) is 65.9 Å². The summed E-state index contributed by atoms with van der Waals surface area (Å²) in [5.74, 6) is 3.71. The fourth-order valence-electron chi connectivity index (χ4n) is 3.27. The molecule has 27 heavy (non-hydrogen) atoms. The van der Waals surface area contributed by atoms with Crippen molar-refractivity contribution in [3.05, 3.63) is 36.2 Å². The first-order valence-electron chi connectivity index (χ1n) is 8.82. The zero-order valence-corrected chi connectivity index (χ0v) is 15.2. The van der Waals surface area contributed by atoms with Crippen LogP contribution in [0.15, 0.2) is 30.3 Å². The maximum Gasteiger partial charge on any atom is 0.231 e. The van der Waals surface area contributed by atoms with Crippen LogP contribution in [-0.4, -0.2) is 49.1 Å². The van der Waals surface area contributed by atoms with E-state index in [1.807, 2.05) is 44.4 Å². The number of ether oxygens (including phenoxy) is 4. The largest absolute Gasteiger partial charge is 0.454 e. The first-order valence-corrected chi connectivity index (χ1v) is 8.82. The summed E-state index contributed by atoms with van der Waals surface area (Å²) in [4.78, 5) is 11.7. The second-order valence-corrected chi connectivity index (χ2v) is 6.83. The number of rotatable bonds is 4. The molecule has 0 N–H and O–H groups in total. The Morgan fingerprint density at radius 2 is 1.56 bits per heavy atom. The molecule has 0 amide bonds. The van der Waals surface area contributed by atoms with Crippen LogP contribution in [0.5, 0.6) is 23.0 Å². The van der Waals surface area contributed by atoms with E-state index in [4.69, 9.17) is 28.9 Å². The molecule has 2 aliphatic heterocycles. The van der Waals surface area contributed by atoms with Crippen LogP contribution in [0.2, 0.25) is 0 Å². The van der Waals surface area contributed by atoms with Gasteiger partial charge < -0.3 is 23.8 Å². The van der Waals surface area contributed by atoms with Gasteiger partial charge in [0, 0.05) is 30.0 Å². The smallest absolute Gasteiger partial charge is 0.231 e. The van der Waals surface area contributed by atoms with Crippen LogP contribution in [0.3, 0.4) is 0 Å². The number of hydrogen-bond acceptors (Lipinski definition) is 7. The van der Waals surface area contributed by atoms with Gasteiger partial charge in [-0.15, -0.1) is 0 Å². The molecule has 0 saturated carbocycles. The standard InChI is InChI=1S/C20H19N3O4/c1-23(2)6-5-19-21-14-9-18-17(26-11-27-18)8-13(14)20(22-19)12-3-4-15-16(7-12)25-10-24-15/h3-4,7-9H,5-6,10-11H2,1-2H3. The van der Waals surface area contributed by atoms with Gasteiger partial charge in [-0.25, -0.2) is 9.97 Å². The van der Waals surface area contributed by atoms with Crippen molar-refractivity contribution in [3.63, 3.8) is 0 Å². The number of nitrogens with zero attached hydrogens (tertiary/aromatic N) is 3. The summed E-state index contributed by atoms with van der Waals surface area (Å²) in [5.41, 5.74) is 2.65. The van der Waals surface area contributed by atoms with Gasteiger partial charge in [-0.3, -0.25) is 0 Å². The van der Waals surface area contributed by atoms with E-state index >= 15 is 0 Å². The van der Waals surface area contributed by atoms with E-state index in [0.29, 0.717) is 5.75 Å². The van der Waals surface area contributed by atoms with Crippen LogP contribution in [0.1, 0.15) is 5.82 Å². The Kier molecular flexibility index (Phi) is 3.75. The summed E-state index contributed by atoms with van der Waals surface area (Å²) in [6.07, 6.45) is 0.759. The van der Waals surface area contributed by atoms with E-state index in [-0.39, 0.29) is 13.6 Å². The third-order valence-electron chi connectivity index (χ3n) is 4.67. The first kappa shape index (κ1) is 16.1. The highest BCUT2D eigenvalue weighted by Gasteiger charge is 2.20. The molecule has 0 aliphatic carbocycles. The molecule has 2 aromatic carbocycles. The van der Waals surface area contributed by atoms with Gasteiger partial charge in [0.1, 0.15) is 5.82 Å². The van der Waals surface area contributed by atoms with Gasteiger partial charge in [0.25, 0.3) is 0 Å². The van der Waals surface area contributed by atoms with Crippen LogP contribution < -0.4 is 18.9 Å². The minimum Gasteiger partial charge on any atom is -0.454 e. The third kappa shape index (κ3) is 2.90. The molecule has 0 saturated heterocycles. The van der Waals surface area contributed by atoms with Crippen molar-refractivity contribution in [2.24, 2.45) is 0 Å². The highest BCUT2D eigenvalue weighted by Crippen LogP contribution is 2.41. The fraction of sp³-hybridized carbons (Fsp3) is 0.300. The molecule has 0 spiro atoms. The lowest BCUT2D eigenvalue weighted by Gasteiger charge is -2.12. The molecule has 7 nitrogen and oxygen atoms in total. The first-order chi connectivity index (χ1) is 13.2. The Morgan fingerprint density at radius 1 is 0.852 bits per heavy atom. The maximum absolute atomic E-state index is 5.55. The van der Waals surface area contributed by atoms with Crippen LogP contribution in [0, 0.1) is 0 Å². The van der Waals surface area contributed by atoms with Crippen LogP contribution in [-0.2, 0) is 6.42 Å². The predicted octanol–water partition coefficient (Wildman–Crippen LogP) is 2.86. The SMILES string of the molecule is CN(C)CCc1nc(-c2ccc3c(c2)OCO3)c2cc3c(cc2n1)OCO3. The highest BCUT2D eigenvalue weighted by atomic mass is 16.7. The molecule has 0 atom stereocenters. The lowest BCUT2D eigenvalue weighted by Crippen LogP contribution is -2.16. The molecule has 0 bridgehead atoms. The van der Waals surface area contributed by atoms with Crippen molar-refractivity contribution in [3.8, 4) is 34.3 Å². The summed E-state index contributed by atoms with van der Waals surface area (Å²) in [7, 11) is 4.08. The van der Waals surface area contributed by atoms with Crippen LogP contribution in [0.25, 0.3) is 22.2 Å². The number of likely N-dealkylation sites (N-methyl/N-ethyl adjacent to an activating group) is 1. The predicted molar refractivity (Wildman–Crippen MR) is 99.5 cm³/mol. The third-order valence-corrected chi connectivity index (χ3v) is 4.67. The van der Waals surface area contributed by atoms with Crippen molar-refractivity contribution in [1.29, 1.82) is 0 Å². The van der Waals surface area contributed by atoms with Crippen molar-refractivity contribution in [2.75, 3.05) is 34.2 Å². The number of fused-ring (bicyclic) bond motifs is 3. The minimum absolute atomic E-state index is 0.228. The quantitative estimate of drug-likeness (QED) is 0.704. The Morgan fingerprint density at radius 3 is 2.33 bits per heavy atom. The molecule has 138 valence electrons. The Bertz CT molecular complexity index is 1040. The van der Waals surface area contributed by atoms with Crippen molar-refractivity contribution >= 4 is 10.9 Å². The monoisotopic (exact) mass is 365 g/mol. The van der Waals surface area contributed by atoms with Gasteiger partial charge in [-0.1, -0.05) is 0 Å². The summed E-state index contributed by atoms with van der Waals surface area (Å²) < 4.78 is 22.0. The Labute approximate surface area is 156 Å². The molecule has 0 radical (unpaired) electrons. The van der Waals surface area contributed by atoms with Crippen molar-refractivity contribution in [2.45, 2.75) is 6.42 Å². The second-order valence-electron chi connectivity index (χ2n) is 6.83. The minimum atomic E-state index is 0.228. The summed E-state index contributed by atoms with van der Waals surface area (Å²) in [5, 5.41) is 0.923. The normalized spacial score (nSPS) is 14.3. The molecule has 0 fully saturated rings. The van der Waals surface area contributed by atoms with E-state index in [1.54, 1.807) is 0 Å². The average molecular weight is 365 g/mol. The zero-order chi connectivity index (χ0) is 18.4. The molecule has 3 heterocycles. The molecule has 1 aromatic heterocycles. The Hall–Kier alpha value is -3.06. The second kappa shape index (κ2) is 6.28. The summed E-state index contributed by atoms with van der Waals surface area (Å²) in [6, 6.07) is 9.75. The van der Waals surface area contributed by atoms with E-state index in [1.165, 1.54) is 0 Å². The maximum atomic E-state index is 5.55. The fourth-order valence-corrected chi connectivity index (χ4v) is 3.27. The average Bonchev–Trinajstić information content (AvgIpc) is 3.31. The molecule has 2 aliphatic rings. The van der Waals surface area contributed by atoms with E-state index < -0.39 is 0 Å². The van der Waals surface area contributed by atoms with E-state index in [2.05, 4.69) is 4.90 Å². The van der Waals surface area contributed by atoms with Gasteiger partial charge >= 0.3 is 0 Å². The molecule has 0 unspecified atom stereocenters. The van der Waals surface area contributed by atoms with Gasteiger partial charge in [0.15, 0.2) is 23.0 Å². The molecule has 7 heteroatoms. The van der Waals surface area contributed by atoms with Crippen molar-refractivity contribution < 1.29 is 18.9 Å². The van der Waals surface area contributed by atoms with Crippen molar-refractivity contribution in [1.82, 2.24) is 14.9 Å². The molecule has 5 rings (SSSR count). The molecular formula is C20H19N3O4. The number of aromatic nitrogens is 2. The van der Waals surface area contributed by atoms with Gasteiger partial charge in [-0.2, -0.15) is 0 Å². The highest BCUT2D eigenvalue weighted by molar-refractivity contribution is 5.95. The van der Waals surface area contributed by atoms with E-state index in [9.17, 15) is 0 Å². The number of benzene rings is 2. The molecular weight excluding hydrogens is 346 g/mol. The summed E-state index contributed by atoms with van der Waals surface area (Å²) in [6.45, 7) is 1.35. The van der Waals surface area contributed by atoms with Gasteiger partial charge in [0.05, 0.1) is 11.2 Å². The lowest BCUT2D eigenvalue weighted by molar-refractivity contribution is 0.173. The lowest BCUT2D eigenvalue weighted by atomic mass is 10.0. The number of hydrogen-bond donors (Lipinski definition) is 0. The van der Waals surface area contributed by atoms with E-state index in [0.717, 1.165) is 58.2 Å².